The summed E-state index contributed by atoms with van der Waals surface area (Å²) in [6.07, 6.45) is 5.00. The second-order valence-electron chi connectivity index (χ2n) is 9.21. The summed E-state index contributed by atoms with van der Waals surface area (Å²) in [5.74, 6) is 1.66. The Labute approximate surface area is 207 Å². The minimum Gasteiger partial charge on any atom is -0.374 e. The van der Waals surface area contributed by atoms with Crippen LogP contribution in [0, 0.1) is 0 Å². The summed E-state index contributed by atoms with van der Waals surface area (Å²) in [7, 11) is 0. The smallest absolute Gasteiger partial charge is 0.251 e. The highest BCUT2D eigenvalue weighted by molar-refractivity contribution is 5.81. The molecule has 0 bridgehead atoms. The highest BCUT2D eigenvalue weighted by Gasteiger charge is 2.29. The average Bonchev–Trinajstić information content (AvgIpc) is 3.31. The van der Waals surface area contributed by atoms with Gasteiger partial charge in [-0.3, -0.25) is 14.6 Å². The highest BCUT2D eigenvalue weighted by Crippen LogP contribution is 2.24. The third kappa shape index (κ3) is 5.80. The standard InChI is InChI=1S/C25H28F2N8O/c1-16(2)17-8-25(33-29-10-17)32-24-4-3-21-22(31-24)7-18(9-28-21)19-11-30-35(12-19)5-6-36-20-13-34(14-20)15-23(26)27/h3-4,7-12,16,20,23H,5-6,13-15H2,1-2H3,(H,31,32,33). The van der Waals surface area contributed by atoms with E-state index in [-0.39, 0.29) is 12.6 Å². The van der Waals surface area contributed by atoms with Crippen LogP contribution in [-0.2, 0) is 11.3 Å². The van der Waals surface area contributed by atoms with Crippen molar-refractivity contribution < 1.29 is 13.5 Å². The maximum Gasteiger partial charge on any atom is 0.251 e. The van der Waals surface area contributed by atoms with Crippen LogP contribution in [0.15, 0.2) is 49.1 Å². The van der Waals surface area contributed by atoms with E-state index in [9.17, 15) is 8.78 Å². The highest BCUT2D eigenvalue weighted by atomic mass is 19.3. The number of ether oxygens (including phenoxy) is 1. The van der Waals surface area contributed by atoms with Gasteiger partial charge in [-0.15, -0.1) is 5.10 Å². The fourth-order valence-corrected chi connectivity index (χ4v) is 4.04. The Kier molecular flexibility index (Phi) is 7.10. The summed E-state index contributed by atoms with van der Waals surface area (Å²) >= 11 is 0. The summed E-state index contributed by atoms with van der Waals surface area (Å²) in [4.78, 5) is 10.9. The maximum absolute atomic E-state index is 12.4. The molecule has 0 spiro atoms. The Morgan fingerprint density at radius 2 is 1.92 bits per heavy atom. The molecule has 0 amide bonds. The van der Waals surface area contributed by atoms with Crippen molar-refractivity contribution in [1.82, 2.24) is 34.8 Å². The predicted octanol–water partition coefficient (Wildman–Crippen LogP) is 4.12. The van der Waals surface area contributed by atoms with Gasteiger partial charge in [0.1, 0.15) is 5.82 Å². The topological polar surface area (TPSA) is 93.9 Å². The fourth-order valence-electron chi connectivity index (χ4n) is 4.04. The van der Waals surface area contributed by atoms with Crippen molar-refractivity contribution in [2.45, 2.75) is 38.8 Å². The van der Waals surface area contributed by atoms with Crippen LogP contribution in [-0.4, -0.2) is 73.6 Å². The molecule has 1 saturated heterocycles. The molecule has 0 saturated carbocycles. The van der Waals surface area contributed by atoms with Crippen molar-refractivity contribution in [1.29, 1.82) is 0 Å². The van der Waals surface area contributed by atoms with Gasteiger partial charge in [-0.25, -0.2) is 13.8 Å². The lowest BCUT2D eigenvalue weighted by atomic mass is 10.1. The molecule has 11 heteroatoms. The van der Waals surface area contributed by atoms with Crippen LogP contribution in [0.5, 0.6) is 0 Å². The van der Waals surface area contributed by atoms with Crippen molar-refractivity contribution in [3.63, 3.8) is 0 Å². The molecule has 1 N–H and O–H groups in total. The summed E-state index contributed by atoms with van der Waals surface area (Å²) in [5, 5.41) is 15.9. The van der Waals surface area contributed by atoms with Gasteiger partial charge >= 0.3 is 0 Å². The van der Waals surface area contributed by atoms with E-state index in [4.69, 9.17) is 9.72 Å². The van der Waals surface area contributed by atoms with Gasteiger partial charge in [0.2, 0.25) is 0 Å². The molecule has 0 radical (unpaired) electrons. The van der Waals surface area contributed by atoms with Crippen LogP contribution in [0.3, 0.4) is 0 Å². The molecule has 4 aromatic heterocycles. The Balaban J connectivity index is 1.21. The van der Waals surface area contributed by atoms with Crippen molar-refractivity contribution in [2.24, 2.45) is 0 Å². The van der Waals surface area contributed by atoms with Gasteiger partial charge in [0.25, 0.3) is 6.43 Å². The summed E-state index contributed by atoms with van der Waals surface area (Å²) in [6, 6.07) is 7.73. The number of hydrogen-bond donors (Lipinski definition) is 1. The van der Waals surface area contributed by atoms with Crippen LogP contribution in [0.2, 0.25) is 0 Å². The first-order valence-electron chi connectivity index (χ1n) is 11.9. The van der Waals surface area contributed by atoms with E-state index in [0.29, 0.717) is 43.8 Å². The fraction of sp³-hybridized carbons (Fsp3) is 0.400. The number of fused-ring (bicyclic) bond motifs is 1. The number of nitrogens with one attached hydrogen (secondary N) is 1. The van der Waals surface area contributed by atoms with Crippen molar-refractivity contribution >= 4 is 22.7 Å². The van der Waals surface area contributed by atoms with Crippen LogP contribution in [0.1, 0.15) is 25.3 Å². The Hall–Kier alpha value is -3.57. The van der Waals surface area contributed by atoms with E-state index in [1.807, 2.05) is 30.5 Å². The number of pyridine rings is 2. The molecule has 4 aromatic rings. The van der Waals surface area contributed by atoms with Gasteiger partial charge in [-0.05, 0) is 35.7 Å². The maximum atomic E-state index is 12.4. The molecule has 1 fully saturated rings. The number of alkyl halides is 2. The lowest BCUT2D eigenvalue weighted by Crippen LogP contribution is -2.53. The number of hydrogen-bond acceptors (Lipinski definition) is 8. The van der Waals surface area contributed by atoms with Crippen LogP contribution in [0.4, 0.5) is 20.4 Å². The van der Waals surface area contributed by atoms with Crippen LogP contribution in [0.25, 0.3) is 22.2 Å². The van der Waals surface area contributed by atoms with E-state index < -0.39 is 6.43 Å². The van der Waals surface area contributed by atoms with Crippen molar-refractivity contribution in [3.05, 3.63) is 54.6 Å². The molecule has 5 rings (SSSR count). The Bertz CT molecular complexity index is 1320. The minimum absolute atomic E-state index is 0.0104. The number of halogens is 2. The van der Waals surface area contributed by atoms with E-state index in [1.165, 1.54) is 0 Å². The van der Waals surface area contributed by atoms with Gasteiger partial charge in [0.05, 0.1) is 49.2 Å². The molecular formula is C25H28F2N8O. The first-order chi connectivity index (χ1) is 17.4. The second kappa shape index (κ2) is 10.6. The number of nitrogens with zero attached hydrogens (tertiary/aromatic N) is 7. The quantitative estimate of drug-likeness (QED) is 0.352. The van der Waals surface area contributed by atoms with Gasteiger partial charge in [0.15, 0.2) is 5.82 Å². The number of anilines is 2. The Morgan fingerprint density at radius 1 is 1.06 bits per heavy atom. The zero-order valence-electron chi connectivity index (χ0n) is 20.2. The minimum atomic E-state index is -2.30. The molecule has 0 aliphatic carbocycles. The number of likely N-dealkylation sites (tertiary alicyclic amines) is 1. The second-order valence-corrected chi connectivity index (χ2v) is 9.21. The van der Waals surface area contributed by atoms with Gasteiger partial charge in [-0.2, -0.15) is 10.2 Å². The average molecular weight is 495 g/mol. The summed E-state index contributed by atoms with van der Waals surface area (Å²) < 4.78 is 32.3. The predicted molar refractivity (Wildman–Crippen MR) is 132 cm³/mol. The van der Waals surface area contributed by atoms with E-state index >= 15 is 0 Å². The molecule has 5 heterocycles. The molecule has 0 unspecified atom stereocenters. The molecular weight excluding hydrogens is 466 g/mol. The first-order valence-corrected chi connectivity index (χ1v) is 11.9. The number of aromatic nitrogens is 6. The molecule has 188 valence electrons. The third-order valence-corrected chi connectivity index (χ3v) is 6.10. The summed E-state index contributed by atoms with van der Waals surface area (Å²) in [6.45, 7) is 6.19. The molecule has 0 atom stereocenters. The molecule has 1 aliphatic heterocycles. The first kappa shape index (κ1) is 24.1. The van der Waals surface area contributed by atoms with E-state index in [0.717, 1.165) is 27.7 Å². The summed E-state index contributed by atoms with van der Waals surface area (Å²) in [5.41, 5.74) is 4.46. The molecule has 36 heavy (non-hydrogen) atoms. The molecule has 1 aliphatic rings. The van der Waals surface area contributed by atoms with Crippen LogP contribution >= 0.6 is 0 Å². The zero-order valence-corrected chi connectivity index (χ0v) is 20.2. The van der Waals surface area contributed by atoms with E-state index in [2.05, 4.69) is 39.4 Å². The Morgan fingerprint density at radius 3 is 2.72 bits per heavy atom. The normalized spacial score (nSPS) is 14.6. The largest absolute Gasteiger partial charge is 0.374 e. The number of rotatable bonds is 10. The zero-order chi connectivity index (χ0) is 25.1. The lowest BCUT2D eigenvalue weighted by Gasteiger charge is -2.38. The SMILES string of the molecule is CC(C)c1cnnc(Nc2ccc3ncc(-c4cnn(CCOC5CN(CC(F)F)C5)c4)cc3n2)c1. The third-order valence-electron chi connectivity index (χ3n) is 6.10. The van der Waals surface area contributed by atoms with Gasteiger partial charge in [0, 0.05) is 36.6 Å². The van der Waals surface area contributed by atoms with Gasteiger partial charge < -0.3 is 10.1 Å². The van der Waals surface area contributed by atoms with Crippen molar-refractivity contribution in [2.75, 3.05) is 31.6 Å². The van der Waals surface area contributed by atoms with E-state index in [1.54, 1.807) is 28.2 Å². The monoisotopic (exact) mass is 494 g/mol. The van der Waals surface area contributed by atoms with Crippen LogP contribution < -0.4 is 5.32 Å². The van der Waals surface area contributed by atoms with Gasteiger partial charge in [-0.1, -0.05) is 13.8 Å². The molecule has 9 nitrogen and oxygen atoms in total. The van der Waals surface area contributed by atoms with Crippen molar-refractivity contribution in [3.8, 4) is 11.1 Å². The molecule has 0 aromatic carbocycles. The lowest BCUT2D eigenvalue weighted by molar-refractivity contribution is -0.0731.